The molecule has 98 valence electrons. The largest absolute Gasteiger partial charge is 0.350 e. The SMILES string of the molecule is CC(C)NC(=O)c1ccccc1-n1ccccc1=O. The standard InChI is InChI=1S/C15H16N2O2/c1-11(2)16-15(19)12-7-3-4-8-13(12)17-10-6-5-9-14(17)18/h3-11H,1-2H3,(H,16,19). The van der Waals surface area contributed by atoms with E-state index in [2.05, 4.69) is 5.32 Å². The molecule has 1 aromatic heterocycles. The van der Waals surface area contributed by atoms with Gasteiger partial charge in [0.15, 0.2) is 0 Å². The highest BCUT2D eigenvalue weighted by Crippen LogP contribution is 2.12. The van der Waals surface area contributed by atoms with Crippen molar-refractivity contribution in [3.63, 3.8) is 0 Å². The Hall–Kier alpha value is -2.36. The van der Waals surface area contributed by atoms with Gasteiger partial charge in [0.2, 0.25) is 0 Å². The molecule has 0 saturated carbocycles. The molecule has 0 atom stereocenters. The predicted molar refractivity (Wildman–Crippen MR) is 74.6 cm³/mol. The second-order valence-electron chi connectivity index (χ2n) is 4.55. The fourth-order valence-corrected chi connectivity index (χ4v) is 1.84. The van der Waals surface area contributed by atoms with Crippen molar-refractivity contribution in [2.45, 2.75) is 19.9 Å². The first-order chi connectivity index (χ1) is 9.09. The number of rotatable bonds is 3. The fourth-order valence-electron chi connectivity index (χ4n) is 1.84. The van der Waals surface area contributed by atoms with Crippen LogP contribution in [0, 0.1) is 0 Å². The maximum absolute atomic E-state index is 12.1. The average molecular weight is 256 g/mol. The minimum absolute atomic E-state index is 0.0491. The van der Waals surface area contributed by atoms with Gasteiger partial charge in [-0.3, -0.25) is 14.2 Å². The summed E-state index contributed by atoms with van der Waals surface area (Å²) >= 11 is 0. The first kappa shape index (κ1) is 13.1. The lowest BCUT2D eigenvalue weighted by Crippen LogP contribution is -2.31. The lowest BCUT2D eigenvalue weighted by atomic mass is 10.1. The Labute approximate surface area is 111 Å². The molecule has 4 heteroatoms. The second-order valence-corrected chi connectivity index (χ2v) is 4.55. The third kappa shape index (κ3) is 2.91. The first-order valence-corrected chi connectivity index (χ1v) is 6.17. The predicted octanol–water partition coefficient (Wildman–Crippen LogP) is 1.98. The fraction of sp³-hybridized carbons (Fsp3) is 0.200. The van der Waals surface area contributed by atoms with Crippen LogP contribution in [0.5, 0.6) is 0 Å². The van der Waals surface area contributed by atoms with Crippen LogP contribution in [0.1, 0.15) is 24.2 Å². The molecule has 0 aliphatic carbocycles. The zero-order valence-corrected chi connectivity index (χ0v) is 11.0. The summed E-state index contributed by atoms with van der Waals surface area (Å²) in [7, 11) is 0. The van der Waals surface area contributed by atoms with E-state index in [0.717, 1.165) is 0 Å². The number of amides is 1. The highest BCUT2D eigenvalue weighted by molar-refractivity contribution is 5.97. The molecule has 0 aliphatic heterocycles. The van der Waals surface area contributed by atoms with Gasteiger partial charge in [0.05, 0.1) is 11.3 Å². The molecule has 19 heavy (non-hydrogen) atoms. The van der Waals surface area contributed by atoms with Crippen molar-refractivity contribution in [2.24, 2.45) is 0 Å². The van der Waals surface area contributed by atoms with E-state index in [1.807, 2.05) is 13.8 Å². The van der Waals surface area contributed by atoms with Gasteiger partial charge in [-0.05, 0) is 32.0 Å². The van der Waals surface area contributed by atoms with Crippen LogP contribution in [-0.4, -0.2) is 16.5 Å². The van der Waals surface area contributed by atoms with Crippen LogP contribution in [0.25, 0.3) is 5.69 Å². The Balaban J connectivity index is 2.51. The number of para-hydroxylation sites is 1. The summed E-state index contributed by atoms with van der Waals surface area (Å²) in [5, 5.41) is 2.83. The average Bonchev–Trinajstić information content (AvgIpc) is 2.38. The molecule has 1 heterocycles. The summed E-state index contributed by atoms with van der Waals surface area (Å²) in [6.45, 7) is 3.80. The number of benzene rings is 1. The maximum Gasteiger partial charge on any atom is 0.255 e. The first-order valence-electron chi connectivity index (χ1n) is 6.17. The van der Waals surface area contributed by atoms with E-state index in [0.29, 0.717) is 11.3 Å². The van der Waals surface area contributed by atoms with Crippen molar-refractivity contribution < 1.29 is 4.79 Å². The van der Waals surface area contributed by atoms with E-state index in [9.17, 15) is 9.59 Å². The normalized spacial score (nSPS) is 10.5. The van der Waals surface area contributed by atoms with E-state index in [1.165, 1.54) is 10.6 Å². The van der Waals surface area contributed by atoms with Crippen molar-refractivity contribution in [2.75, 3.05) is 0 Å². The maximum atomic E-state index is 12.1. The van der Waals surface area contributed by atoms with E-state index >= 15 is 0 Å². The number of hydrogen-bond donors (Lipinski definition) is 1. The van der Waals surface area contributed by atoms with E-state index in [1.54, 1.807) is 42.6 Å². The summed E-state index contributed by atoms with van der Waals surface area (Å²) in [5.41, 5.74) is 0.919. The van der Waals surface area contributed by atoms with Gasteiger partial charge >= 0.3 is 0 Å². The number of carbonyl (C=O) groups is 1. The quantitative estimate of drug-likeness (QED) is 0.912. The molecule has 0 spiro atoms. The van der Waals surface area contributed by atoms with Gasteiger partial charge in [0.25, 0.3) is 11.5 Å². The van der Waals surface area contributed by atoms with Gasteiger partial charge in [0, 0.05) is 18.3 Å². The van der Waals surface area contributed by atoms with Gasteiger partial charge in [-0.15, -0.1) is 0 Å². The van der Waals surface area contributed by atoms with Crippen LogP contribution in [0.3, 0.4) is 0 Å². The number of hydrogen-bond acceptors (Lipinski definition) is 2. The van der Waals surface area contributed by atoms with Crippen molar-refractivity contribution in [3.05, 3.63) is 64.6 Å². The molecule has 0 bridgehead atoms. The van der Waals surface area contributed by atoms with Crippen LogP contribution < -0.4 is 10.9 Å². The Bertz CT molecular complexity index is 644. The number of aromatic nitrogens is 1. The van der Waals surface area contributed by atoms with Crippen LogP contribution in [-0.2, 0) is 0 Å². The zero-order chi connectivity index (χ0) is 13.8. The number of nitrogens with zero attached hydrogens (tertiary/aromatic N) is 1. The van der Waals surface area contributed by atoms with Crippen molar-refractivity contribution >= 4 is 5.91 Å². The molecular weight excluding hydrogens is 240 g/mol. The van der Waals surface area contributed by atoms with Crippen LogP contribution in [0.15, 0.2) is 53.5 Å². The summed E-state index contributed by atoms with van der Waals surface area (Å²) in [4.78, 5) is 24.0. The number of carbonyl (C=O) groups excluding carboxylic acids is 1. The molecule has 0 saturated heterocycles. The van der Waals surface area contributed by atoms with E-state index < -0.39 is 0 Å². The number of pyridine rings is 1. The summed E-state index contributed by atoms with van der Waals surface area (Å²) in [6, 6.07) is 12.0. The molecule has 0 unspecified atom stereocenters. The molecule has 2 aromatic rings. The lowest BCUT2D eigenvalue weighted by molar-refractivity contribution is 0.0943. The monoisotopic (exact) mass is 256 g/mol. The Morgan fingerprint density at radius 2 is 1.79 bits per heavy atom. The minimum Gasteiger partial charge on any atom is -0.350 e. The molecular formula is C15H16N2O2. The van der Waals surface area contributed by atoms with Gasteiger partial charge in [0.1, 0.15) is 0 Å². The van der Waals surface area contributed by atoms with Gasteiger partial charge in [-0.1, -0.05) is 18.2 Å². The zero-order valence-electron chi connectivity index (χ0n) is 11.0. The van der Waals surface area contributed by atoms with Gasteiger partial charge in [-0.25, -0.2) is 0 Å². The van der Waals surface area contributed by atoms with Crippen molar-refractivity contribution in [1.82, 2.24) is 9.88 Å². The van der Waals surface area contributed by atoms with Crippen molar-refractivity contribution in [3.8, 4) is 5.69 Å². The molecule has 1 aromatic carbocycles. The Morgan fingerprint density at radius 1 is 1.11 bits per heavy atom. The third-order valence-electron chi connectivity index (χ3n) is 2.65. The number of nitrogens with one attached hydrogen (secondary N) is 1. The van der Waals surface area contributed by atoms with Crippen LogP contribution in [0.2, 0.25) is 0 Å². The molecule has 0 fully saturated rings. The Kier molecular flexibility index (Phi) is 3.80. The molecule has 0 radical (unpaired) electrons. The Morgan fingerprint density at radius 3 is 2.47 bits per heavy atom. The second kappa shape index (κ2) is 5.52. The highest BCUT2D eigenvalue weighted by atomic mass is 16.2. The lowest BCUT2D eigenvalue weighted by Gasteiger charge is -2.13. The van der Waals surface area contributed by atoms with Crippen LogP contribution in [0.4, 0.5) is 0 Å². The van der Waals surface area contributed by atoms with Gasteiger partial charge < -0.3 is 5.32 Å². The van der Waals surface area contributed by atoms with Crippen molar-refractivity contribution in [1.29, 1.82) is 0 Å². The molecule has 1 amide bonds. The minimum atomic E-state index is -0.179. The molecule has 0 aliphatic rings. The summed E-state index contributed by atoms with van der Waals surface area (Å²) in [6.07, 6.45) is 1.66. The molecule has 2 rings (SSSR count). The third-order valence-corrected chi connectivity index (χ3v) is 2.65. The summed E-state index contributed by atoms with van der Waals surface area (Å²) in [5.74, 6) is -0.179. The highest BCUT2D eigenvalue weighted by Gasteiger charge is 2.13. The molecule has 1 N–H and O–H groups in total. The van der Waals surface area contributed by atoms with Gasteiger partial charge in [-0.2, -0.15) is 0 Å². The smallest absolute Gasteiger partial charge is 0.255 e. The van der Waals surface area contributed by atoms with Crippen LogP contribution >= 0.6 is 0 Å². The van der Waals surface area contributed by atoms with E-state index in [-0.39, 0.29) is 17.5 Å². The summed E-state index contributed by atoms with van der Waals surface area (Å²) < 4.78 is 1.47. The topological polar surface area (TPSA) is 51.1 Å². The molecule has 4 nitrogen and oxygen atoms in total. The van der Waals surface area contributed by atoms with E-state index in [4.69, 9.17) is 0 Å².